The highest BCUT2D eigenvalue weighted by Crippen LogP contribution is 2.23. The Morgan fingerprint density at radius 2 is 2.14 bits per heavy atom. The van der Waals surface area contributed by atoms with Gasteiger partial charge in [-0.2, -0.15) is 5.26 Å². The molecule has 2 rings (SSSR count). The minimum Gasteiger partial charge on any atom is -0.368 e. The van der Waals surface area contributed by atoms with Crippen molar-refractivity contribution >= 4 is 17.0 Å². The number of benzene rings is 1. The molecule has 0 saturated heterocycles. The number of nitrogens with one attached hydrogen (secondary N) is 1. The van der Waals surface area contributed by atoms with Crippen LogP contribution in [0.1, 0.15) is 29.9 Å². The Labute approximate surface area is 130 Å². The fraction of sp³-hybridized carbons (Fsp3) is 0.353. The molecule has 0 bridgehead atoms. The monoisotopic (exact) mass is 299 g/mol. The molecular formula is C17H21N3S. The molecule has 0 amide bonds. The van der Waals surface area contributed by atoms with Crippen molar-refractivity contribution < 1.29 is 0 Å². The fourth-order valence-corrected chi connectivity index (χ4v) is 2.92. The normalized spacial score (nSPS) is 10.6. The highest BCUT2D eigenvalue weighted by molar-refractivity contribution is 7.09. The topological polar surface area (TPSA) is 39.1 Å². The maximum Gasteiger partial charge on any atom is 0.101 e. The van der Waals surface area contributed by atoms with E-state index in [1.807, 2.05) is 19.2 Å². The van der Waals surface area contributed by atoms with Gasteiger partial charge in [-0.15, -0.1) is 11.3 Å². The molecule has 0 unspecified atom stereocenters. The van der Waals surface area contributed by atoms with E-state index in [1.54, 1.807) is 11.3 Å². The number of thiophene rings is 1. The SMILES string of the molecule is CC(C)NCc1ccc(N(C)Cc2cccs2)c(C#N)c1. The van der Waals surface area contributed by atoms with E-state index in [1.165, 1.54) is 4.88 Å². The summed E-state index contributed by atoms with van der Waals surface area (Å²) in [5.74, 6) is 0. The molecule has 0 spiro atoms. The highest BCUT2D eigenvalue weighted by atomic mass is 32.1. The number of hydrogen-bond acceptors (Lipinski definition) is 4. The zero-order valence-electron chi connectivity index (χ0n) is 12.8. The van der Waals surface area contributed by atoms with E-state index >= 15 is 0 Å². The van der Waals surface area contributed by atoms with Crippen LogP contribution in [0.2, 0.25) is 0 Å². The summed E-state index contributed by atoms with van der Waals surface area (Å²) in [4.78, 5) is 3.43. The lowest BCUT2D eigenvalue weighted by Gasteiger charge is -2.20. The van der Waals surface area contributed by atoms with E-state index in [4.69, 9.17) is 0 Å². The molecule has 1 aromatic carbocycles. The second-order valence-corrected chi connectivity index (χ2v) is 6.47. The zero-order chi connectivity index (χ0) is 15.2. The lowest BCUT2D eigenvalue weighted by Crippen LogP contribution is -2.22. The van der Waals surface area contributed by atoms with Crippen LogP contribution in [-0.4, -0.2) is 13.1 Å². The van der Waals surface area contributed by atoms with E-state index in [0.29, 0.717) is 6.04 Å². The molecule has 0 aliphatic heterocycles. The summed E-state index contributed by atoms with van der Waals surface area (Å²) in [5, 5.41) is 14.9. The standard InChI is InChI=1S/C17H21N3S/c1-13(2)19-11-14-6-7-17(15(9-14)10-18)20(3)12-16-5-4-8-21-16/h4-9,13,19H,11-12H2,1-3H3. The van der Waals surface area contributed by atoms with E-state index in [-0.39, 0.29) is 0 Å². The lowest BCUT2D eigenvalue weighted by atomic mass is 10.1. The molecule has 1 aromatic heterocycles. The molecule has 110 valence electrons. The minimum absolute atomic E-state index is 0.441. The Morgan fingerprint density at radius 1 is 1.33 bits per heavy atom. The van der Waals surface area contributed by atoms with Gasteiger partial charge >= 0.3 is 0 Å². The number of nitriles is 1. The molecule has 1 heterocycles. The van der Waals surface area contributed by atoms with Crippen molar-refractivity contribution in [1.82, 2.24) is 5.32 Å². The second kappa shape index (κ2) is 7.26. The van der Waals surface area contributed by atoms with Gasteiger partial charge in [0.25, 0.3) is 0 Å². The summed E-state index contributed by atoms with van der Waals surface area (Å²) < 4.78 is 0. The molecule has 1 N–H and O–H groups in total. The van der Waals surface area contributed by atoms with Crippen LogP contribution in [0.25, 0.3) is 0 Å². The van der Waals surface area contributed by atoms with Gasteiger partial charge in [0.15, 0.2) is 0 Å². The molecular weight excluding hydrogens is 278 g/mol. The van der Waals surface area contributed by atoms with Crippen LogP contribution in [0.15, 0.2) is 35.7 Å². The first kappa shape index (κ1) is 15.6. The largest absolute Gasteiger partial charge is 0.368 e. The van der Waals surface area contributed by atoms with Crippen molar-refractivity contribution in [2.45, 2.75) is 33.0 Å². The number of rotatable bonds is 6. The zero-order valence-corrected chi connectivity index (χ0v) is 13.6. The Balaban J connectivity index is 2.14. The maximum atomic E-state index is 9.40. The molecule has 4 heteroatoms. The summed E-state index contributed by atoms with van der Waals surface area (Å²) in [5.41, 5.74) is 2.87. The first-order valence-corrected chi connectivity index (χ1v) is 7.98. The van der Waals surface area contributed by atoms with Crippen LogP contribution in [0, 0.1) is 11.3 Å². The smallest absolute Gasteiger partial charge is 0.101 e. The van der Waals surface area contributed by atoms with Gasteiger partial charge < -0.3 is 10.2 Å². The Hall–Kier alpha value is -1.83. The predicted molar refractivity (Wildman–Crippen MR) is 89.6 cm³/mol. The van der Waals surface area contributed by atoms with Gasteiger partial charge in [-0.3, -0.25) is 0 Å². The molecule has 0 atom stereocenters. The fourth-order valence-electron chi connectivity index (χ4n) is 2.16. The Kier molecular flexibility index (Phi) is 5.38. The molecule has 0 saturated carbocycles. The average Bonchev–Trinajstić information content (AvgIpc) is 2.97. The third-order valence-electron chi connectivity index (χ3n) is 3.28. The van der Waals surface area contributed by atoms with Gasteiger partial charge in [-0.05, 0) is 29.1 Å². The lowest BCUT2D eigenvalue weighted by molar-refractivity contribution is 0.589. The van der Waals surface area contributed by atoms with Gasteiger partial charge in [-0.25, -0.2) is 0 Å². The minimum atomic E-state index is 0.441. The molecule has 3 nitrogen and oxygen atoms in total. The quantitative estimate of drug-likeness (QED) is 0.883. The third-order valence-corrected chi connectivity index (χ3v) is 4.14. The summed E-state index contributed by atoms with van der Waals surface area (Å²) in [6, 6.07) is 13.1. The van der Waals surface area contributed by atoms with Crippen molar-refractivity contribution in [3.05, 3.63) is 51.7 Å². The van der Waals surface area contributed by atoms with Crippen LogP contribution < -0.4 is 10.2 Å². The van der Waals surface area contributed by atoms with Crippen LogP contribution in [0.3, 0.4) is 0 Å². The van der Waals surface area contributed by atoms with Gasteiger partial charge in [0.1, 0.15) is 6.07 Å². The molecule has 0 radical (unpaired) electrons. The van der Waals surface area contributed by atoms with Crippen LogP contribution in [-0.2, 0) is 13.1 Å². The second-order valence-electron chi connectivity index (χ2n) is 5.43. The van der Waals surface area contributed by atoms with Crippen molar-refractivity contribution in [2.24, 2.45) is 0 Å². The van der Waals surface area contributed by atoms with Crippen LogP contribution in [0.4, 0.5) is 5.69 Å². The number of anilines is 1. The van der Waals surface area contributed by atoms with Gasteiger partial charge in [0.2, 0.25) is 0 Å². The van der Waals surface area contributed by atoms with Crippen molar-refractivity contribution in [3.8, 4) is 6.07 Å². The predicted octanol–water partition coefficient (Wildman–Crippen LogP) is 3.75. The summed E-state index contributed by atoms with van der Waals surface area (Å²) in [7, 11) is 2.03. The van der Waals surface area contributed by atoms with E-state index < -0.39 is 0 Å². The molecule has 0 fully saturated rings. The Bertz CT molecular complexity index is 611. The molecule has 0 aliphatic carbocycles. The van der Waals surface area contributed by atoms with E-state index in [0.717, 1.165) is 29.9 Å². The molecule has 2 aromatic rings. The van der Waals surface area contributed by atoms with Crippen LogP contribution >= 0.6 is 11.3 Å². The maximum absolute atomic E-state index is 9.40. The number of hydrogen-bond donors (Lipinski definition) is 1. The summed E-state index contributed by atoms with van der Waals surface area (Å²) in [6.45, 7) is 5.86. The number of nitrogens with zero attached hydrogens (tertiary/aromatic N) is 2. The van der Waals surface area contributed by atoms with E-state index in [9.17, 15) is 5.26 Å². The summed E-state index contributed by atoms with van der Waals surface area (Å²) in [6.07, 6.45) is 0. The van der Waals surface area contributed by atoms with Crippen molar-refractivity contribution in [1.29, 1.82) is 5.26 Å². The molecule has 0 aliphatic rings. The van der Waals surface area contributed by atoms with Gasteiger partial charge in [0.05, 0.1) is 17.8 Å². The van der Waals surface area contributed by atoms with Crippen molar-refractivity contribution in [2.75, 3.05) is 11.9 Å². The highest BCUT2D eigenvalue weighted by Gasteiger charge is 2.09. The average molecular weight is 299 g/mol. The third kappa shape index (κ3) is 4.32. The van der Waals surface area contributed by atoms with Gasteiger partial charge in [-0.1, -0.05) is 26.0 Å². The van der Waals surface area contributed by atoms with Crippen molar-refractivity contribution in [3.63, 3.8) is 0 Å². The van der Waals surface area contributed by atoms with E-state index in [2.05, 4.69) is 53.7 Å². The first-order chi connectivity index (χ1) is 10.1. The van der Waals surface area contributed by atoms with Crippen LogP contribution in [0.5, 0.6) is 0 Å². The summed E-state index contributed by atoms with van der Waals surface area (Å²) >= 11 is 1.74. The van der Waals surface area contributed by atoms with Gasteiger partial charge in [0, 0.05) is 24.5 Å². The first-order valence-electron chi connectivity index (χ1n) is 7.10. The molecule has 21 heavy (non-hydrogen) atoms. The Morgan fingerprint density at radius 3 is 2.76 bits per heavy atom.